The Kier molecular flexibility index (Phi) is 3.63. The van der Waals surface area contributed by atoms with Crippen LogP contribution in [0.3, 0.4) is 0 Å². The first-order valence-corrected chi connectivity index (χ1v) is 7.12. The van der Waals surface area contributed by atoms with Crippen molar-refractivity contribution in [3.63, 3.8) is 0 Å². The van der Waals surface area contributed by atoms with Crippen LogP contribution in [0.25, 0.3) is 0 Å². The van der Waals surface area contributed by atoms with Gasteiger partial charge in [0.25, 0.3) is 0 Å². The lowest BCUT2D eigenvalue weighted by molar-refractivity contribution is -0.169. The molecule has 2 aliphatic heterocycles. The molecule has 0 aromatic rings. The number of aliphatic hydroxyl groups is 1. The van der Waals surface area contributed by atoms with Crippen molar-refractivity contribution in [2.24, 2.45) is 11.7 Å². The molecular weight excluding hydrogens is 268 g/mol. The number of fused-ring (bicyclic) bond motifs is 1. The third kappa shape index (κ3) is 2.26. The van der Waals surface area contributed by atoms with Crippen molar-refractivity contribution < 1.29 is 19.8 Å². The second-order valence-electron chi connectivity index (χ2n) is 5.33. The molecule has 6 nitrogen and oxygen atoms in total. The smallest absolute Gasteiger partial charge is 0.353 e. The topological polar surface area (TPSA) is 104 Å². The van der Waals surface area contributed by atoms with Crippen LogP contribution in [0.15, 0.2) is 10.6 Å². The van der Waals surface area contributed by atoms with Crippen LogP contribution in [0.1, 0.15) is 20.3 Å². The fourth-order valence-corrected chi connectivity index (χ4v) is 3.73. The molecule has 2 aliphatic rings. The number of nitrogens with two attached hydrogens (primary N) is 1. The van der Waals surface area contributed by atoms with E-state index in [1.54, 1.807) is 13.8 Å². The van der Waals surface area contributed by atoms with Crippen LogP contribution in [0.2, 0.25) is 0 Å². The normalized spacial score (nSPS) is 26.5. The molecule has 106 valence electrons. The van der Waals surface area contributed by atoms with Gasteiger partial charge in [0.15, 0.2) is 0 Å². The maximum atomic E-state index is 12.1. The van der Waals surface area contributed by atoms with Crippen LogP contribution >= 0.6 is 11.8 Å². The summed E-state index contributed by atoms with van der Waals surface area (Å²) in [5, 5.41) is 19.3. The van der Waals surface area contributed by atoms with Crippen LogP contribution < -0.4 is 5.73 Å². The zero-order chi connectivity index (χ0) is 14.4. The average molecular weight is 286 g/mol. The van der Waals surface area contributed by atoms with Gasteiger partial charge < -0.3 is 20.8 Å². The van der Waals surface area contributed by atoms with Crippen LogP contribution in [0, 0.1) is 5.92 Å². The van der Waals surface area contributed by atoms with Gasteiger partial charge in [-0.05, 0) is 13.8 Å². The second-order valence-corrected chi connectivity index (χ2v) is 6.51. The minimum atomic E-state index is -1.13. The number of carbonyl (C=O) groups is 2. The zero-order valence-electron chi connectivity index (χ0n) is 10.9. The van der Waals surface area contributed by atoms with Crippen molar-refractivity contribution in [1.82, 2.24) is 4.90 Å². The number of β-lactam (4-membered cyclic amide) rings is 1. The molecule has 1 fully saturated rings. The van der Waals surface area contributed by atoms with Crippen molar-refractivity contribution in [2.75, 3.05) is 12.3 Å². The Labute approximate surface area is 115 Å². The Hall–Kier alpha value is -1.05. The summed E-state index contributed by atoms with van der Waals surface area (Å²) in [6, 6.07) is -0.237. The molecule has 0 unspecified atom stereocenters. The summed E-state index contributed by atoms with van der Waals surface area (Å²) in [4.78, 5) is 25.4. The summed E-state index contributed by atoms with van der Waals surface area (Å²) in [6.45, 7) is 3.62. The number of hydrogen-bond donors (Lipinski definition) is 3. The molecule has 0 aliphatic carbocycles. The molecule has 2 atom stereocenters. The minimum Gasteiger partial charge on any atom is -0.477 e. The van der Waals surface area contributed by atoms with Gasteiger partial charge in [0.05, 0.1) is 17.6 Å². The Morgan fingerprint density at radius 1 is 1.58 bits per heavy atom. The van der Waals surface area contributed by atoms with E-state index in [2.05, 4.69) is 0 Å². The van der Waals surface area contributed by atoms with Crippen molar-refractivity contribution in [3.05, 3.63) is 10.6 Å². The number of aliphatic carboxylic acids is 1. The number of carboxylic acid groups (broad SMARTS) is 1. The highest BCUT2D eigenvalue weighted by atomic mass is 32.2. The molecule has 0 radical (unpaired) electrons. The van der Waals surface area contributed by atoms with Gasteiger partial charge in [-0.2, -0.15) is 0 Å². The van der Waals surface area contributed by atoms with Crippen LogP contribution in [-0.2, 0) is 9.59 Å². The molecule has 0 bridgehead atoms. The number of hydrogen-bond acceptors (Lipinski definition) is 5. The van der Waals surface area contributed by atoms with Crippen LogP contribution in [0.4, 0.5) is 0 Å². The molecule has 7 heteroatoms. The zero-order valence-corrected chi connectivity index (χ0v) is 11.7. The van der Waals surface area contributed by atoms with Gasteiger partial charge in [0, 0.05) is 23.6 Å². The van der Waals surface area contributed by atoms with E-state index in [0.29, 0.717) is 23.6 Å². The standard InChI is InChI=1S/C12H18N2O4S/c1-12(2,18)8-6-5-7(19-4-3-13)9(11(16)17)14(6)10(8)15/h6,8,18H,3-5,13H2,1-2H3,(H,16,17)/t6-,8+/m1/s1. The molecule has 19 heavy (non-hydrogen) atoms. The highest BCUT2D eigenvalue weighted by Crippen LogP contribution is 2.48. The summed E-state index contributed by atoms with van der Waals surface area (Å²) in [5.74, 6) is -1.31. The van der Waals surface area contributed by atoms with E-state index in [1.807, 2.05) is 0 Å². The number of carboxylic acids is 1. The van der Waals surface area contributed by atoms with E-state index in [1.165, 1.54) is 16.7 Å². The number of rotatable bonds is 5. The SMILES string of the molecule is CC(C)(O)[C@@H]1C(=O)N2C(C(=O)O)=C(SCCN)C[C@H]12. The van der Waals surface area contributed by atoms with Crippen molar-refractivity contribution in [3.8, 4) is 0 Å². The maximum Gasteiger partial charge on any atom is 0.353 e. The molecule has 0 saturated carbocycles. The quantitative estimate of drug-likeness (QED) is 0.613. The lowest BCUT2D eigenvalue weighted by atomic mass is 9.76. The maximum absolute atomic E-state index is 12.1. The first-order chi connectivity index (χ1) is 8.79. The van der Waals surface area contributed by atoms with E-state index in [9.17, 15) is 19.8 Å². The van der Waals surface area contributed by atoms with Crippen molar-refractivity contribution >= 4 is 23.6 Å². The lowest BCUT2D eigenvalue weighted by Gasteiger charge is -2.48. The molecule has 4 N–H and O–H groups in total. The lowest BCUT2D eigenvalue weighted by Crippen LogP contribution is -2.65. The minimum absolute atomic E-state index is 0.0638. The summed E-state index contributed by atoms with van der Waals surface area (Å²) in [5.41, 5.74) is 4.36. The van der Waals surface area contributed by atoms with E-state index in [0.717, 1.165) is 0 Å². The molecule has 0 aromatic carbocycles. The van der Waals surface area contributed by atoms with E-state index in [4.69, 9.17) is 5.73 Å². The van der Waals surface area contributed by atoms with Crippen molar-refractivity contribution in [1.29, 1.82) is 0 Å². The predicted molar refractivity (Wildman–Crippen MR) is 71.2 cm³/mol. The molecule has 2 rings (SSSR count). The highest BCUT2D eigenvalue weighted by molar-refractivity contribution is 8.03. The molecule has 2 heterocycles. The predicted octanol–water partition coefficient (Wildman–Crippen LogP) is -0.0239. The van der Waals surface area contributed by atoms with Crippen molar-refractivity contribution in [2.45, 2.75) is 31.9 Å². The molecule has 0 aromatic heterocycles. The first kappa shape index (κ1) is 14.4. The summed E-state index contributed by atoms with van der Waals surface area (Å²) in [6.07, 6.45) is 0.493. The summed E-state index contributed by atoms with van der Waals surface area (Å²) in [7, 11) is 0. The number of thioether (sulfide) groups is 1. The van der Waals surface area contributed by atoms with Gasteiger partial charge in [-0.3, -0.25) is 4.79 Å². The second kappa shape index (κ2) is 4.81. The summed E-state index contributed by atoms with van der Waals surface area (Å²) >= 11 is 1.38. The number of carbonyl (C=O) groups excluding carboxylic acids is 1. The fourth-order valence-electron chi connectivity index (χ4n) is 2.76. The van der Waals surface area contributed by atoms with Crippen LogP contribution in [0.5, 0.6) is 0 Å². The molecule has 0 spiro atoms. The van der Waals surface area contributed by atoms with Gasteiger partial charge in [0.2, 0.25) is 5.91 Å². The largest absolute Gasteiger partial charge is 0.477 e. The van der Waals surface area contributed by atoms with Gasteiger partial charge in [-0.15, -0.1) is 11.8 Å². The van der Waals surface area contributed by atoms with Gasteiger partial charge >= 0.3 is 5.97 Å². The Balaban J connectivity index is 2.24. The van der Waals surface area contributed by atoms with E-state index >= 15 is 0 Å². The fraction of sp³-hybridized carbons (Fsp3) is 0.667. The third-order valence-electron chi connectivity index (χ3n) is 3.48. The van der Waals surface area contributed by atoms with Gasteiger partial charge in [-0.25, -0.2) is 4.79 Å². The van der Waals surface area contributed by atoms with Gasteiger partial charge in [0.1, 0.15) is 5.70 Å². The number of amides is 1. The van der Waals surface area contributed by atoms with E-state index < -0.39 is 17.5 Å². The Bertz CT molecular complexity index is 455. The first-order valence-electron chi connectivity index (χ1n) is 6.13. The number of nitrogens with zero attached hydrogens (tertiary/aromatic N) is 1. The van der Waals surface area contributed by atoms with Gasteiger partial charge in [-0.1, -0.05) is 0 Å². The van der Waals surface area contributed by atoms with Crippen LogP contribution in [-0.4, -0.2) is 50.9 Å². The Morgan fingerprint density at radius 3 is 2.68 bits per heavy atom. The van der Waals surface area contributed by atoms with E-state index in [-0.39, 0.29) is 17.6 Å². The third-order valence-corrected chi connectivity index (χ3v) is 4.63. The molecule has 1 amide bonds. The monoisotopic (exact) mass is 286 g/mol. The average Bonchev–Trinajstić information content (AvgIpc) is 2.58. The Morgan fingerprint density at radius 2 is 2.21 bits per heavy atom. The summed E-state index contributed by atoms with van der Waals surface area (Å²) < 4.78 is 0. The molecular formula is C12H18N2O4S. The molecule has 1 saturated heterocycles. The highest BCUT2D eigenvalue weighted by Gasteiger charge is 2.59.